The van der Waals surface area contributed by atoms with E-state index in [0.717, 1.165) is 17.0 Å². The second-order valence-corrected chi connectivity index (χ2v) is 8.90. The van der Waals surface area contributed by atoms with Gasteiger partial charge in [-0.15, -0.1) is 0 Å². The molecule has 192 valence electrons. The van der Waals surface area contributed by atoms with Gasteiger partial charge >= 0.3 is 6.18 Å². The SMILES string of the molecule is CC(=O)C1=C(C)N(c2cccc(C(F)(F)F)c2)C(=O)C(C(=O)N2CCOCC2)C1c1ccc(C#N)cc1. The minimum atomic E-state index is -4.65. The first-order valence-corrected chi connectivity index (χ1v) is 11.6. The van der Waals surface area contributed by atoms with Crippen molar-refractivity contribution >= 4 is 23.3 Å². The summed E-state index contributed by atoms with van der Waals surface area (Å²) in [7, 11) is 0. The number of morpholine rings is 1. The minimum absolute atomic E-state index is 0.0888. The van der Waals surface area contributed by atoms with Crippen molar-refractivity contribution in [3.05, 3.63) is 76.5 Å². The van der Waals surface area contributed by atoms with Crippen LogP contribution in [0, 0.1) is 17.2 Å². The molecule has 2 aliphatic heterocycles. The Kier molecular flexibility index (Phi) is 7.18. The highest BCUT2D eigenvalue weighted by Gasteiger charge is 2.49. The van der Waals surface area contributed by atoms with E-state index < -0.39 is 41.2 Å². The number of amides is 2. The predicted octanol–water partition coefficient (Wildman–Crippen LogP) is 4.05. The number of hydrogen-bond donors (Lipinski definition) is 0. The first-order chi connectivity index (χ1) is 17.5. The fourth-order valence-electron chi connectivity index (χ4n) is 4.93. The number of Topliss-reactive ketones (excluding diaryl/α,β-unsaturated/α-hetero) is 1. The molecule has 0 N–H and O–H groups in total. The number of carbonyl (C=O) groups excluding carboxylic acids is 3. The van der Waals surface area contributed by atoms with E-state index in [4.69, 9.17) is 4.74 Å². The Bertz CT molecular complexity index is 1310. The van der Waals surface area contributed by atoms with Gasteiger partial charge in [0.1, 0.15) is 5.92 Å². The molecule has 0 spiro atoms. The van der Waals surface area contributed by atoms with Gasteiger partial charge in [0.2, 0.25) is 11.8 Å². The van der Waals surface area contributed by atoms with Crippen molar-refractivity contribution in [3.63, 3.8) is 0 Å². The third-order valence-electron chi connectivity index (χ3n) is 6.65. The van der Waals surface area contributed by atoms with Crippen LogP contribution in [0.1, 0.15) is 36.5 Å². The summed E-state index contributed by atoms with van der Waals surface area (Å²) < 4.78 is 45.7. The molecule has 1 fully saturated rings. The number of anilines is 1. The third kappa shape index (κ3) is 5.00. The van der Waals surface area contributed by atoms with Crippen LogP contribution in [0.25, 0.3) is 0 Å². The maximum Gasteiger partial charge on any atom is 0.416 e. The lowest BCUT2D eigenvalue weighted by atomic mass is 9.74. The number of nitriles is 1. The molecule has 0 bridgehead atoms. The lowest BCUT2D eigenvalue weighted by molar-refractivity contribution is -0.145. The van der Waals surface area contributed by atoms with Crippen LogP contribution in [0.5, 0.6) is 0 Å². The van der Waals surface area contributed by atoms with E-state index in [2.05, 4.69) is 0 Å². The van der Waals surface area contributed by atoms with Crippen LogP contribution in [0.4, 0.5) is 18.9 Å². The molecule has 2 aromatic carbocycles. The van der Waals surface area contributed by atoms with E-state index in [1.165, 1.54) is 43.0 Å². The second kappa shape index (κ2) is 10.2. The Balaban J connectivity index is 1.92. The summed E-state index contributed by atoms with van der Waals surface area (Å²) in [4.78, 5) is 43.3. The molecular formula is C27H24F3N3O4. The maximum absolute atomic E-state index is 14.0. The molecule has 37 heavy (non-hydrogen) atoms. The number of rotatable bonds is 4. The molecule has 2 unspecified atom stereocenters. The summed E-state index contributed by atoms with van der Waals surface area (Å²) in [5, 5.41) is 9.19. The van der Waals surface area contributed by atoms with Gasteiger partial charge < -0.3 is 9.64 Å². The number of allylic oxidation sites excluding steroid dienone is 2. The van der Waals surface area contributed by atoms with Gasteiger partial charge in [-0.2, -0.15) is 18.4 Å². The summed E-state index contributed by atoms with van der Waals surface area (Å²) in [6.45, 7) is 3.82. The van der Waals surface area contributed by atoms with Gasteiger partial charge in [0.15, 0.2) is 5.78 Å². The van der Waals surface area contributed by atoms with Crippen LogP contribution < -0.4 is 4.90 Å². The smallest absolute Gasteiger partial charge is 0.378 e. The number of halogens is 3. The summed E-state index contributed by atoms with van der Waals surface area (Å²) in [6.07, 6.45) is -4.65. The monoisotopic (exact) mass is 511 g/mol. The first-order valence-electron chi connectivity index (χ1n) is 11.6. The number of hydrogen-bond acceptors (Lipinski definition) is 5. The maximum atomic E-state index is 14.0. The molecular weight excluding hydrogens is 487 g/mol. The van der Waals surface area contributed by atoms with Gasteiger partial charge in [0.25, 0.3) is 0 Å². The van der Waals surface area contributed by atoms with Crippen molar-refractivity contribution in [1.82, 2.24) is 4.90 Å². The molecule has 2 aliphatic rings. The zero-order valence-electron chi connectivity index (χ0n) is 20.2. The van der Waals surface area contributed by atoms with Crippen molar-refractivity contribution in [1.29, 1.82) is 5.26 Å². The molecule has 2 aromatic rings. The lowest BCUT2D eigenvalue weighted by Gasteiger charge is -2.41. The fourth-order valence-corrected chi connectivity index (χ4v) is 4.93. The Morgan fingerprint density at radius 3 is 2.30 bits per heavy atom. The third-order valence-corrected chi connectivity index (χ3v) is 6.65. The number of nitrogens with zero attached hydrogens (tertiary/aromatic N) is 3. The van der Waals surface area contributed by atoms with Crippen molar-refractivity contribution in [2.24, 2.45) is 5.92 Å². The van der Waals surface area contributed by atoms with E-state index in [-0.39, 0.29) is 43.3 Å². The molecule has 2 atom stereocenters. The van der Waals surface area contributed by atoms with Crippen LogP contribution >= 0.6 is 0 Å². The lowest BCUT2D eigenvalue weighted by Crippen LogP contribution is -2.53. The van der Waals surface area contributed by atoms with Gasteiger partial charge in [-0.1, -0.05) is 18.2 Å². The molecule has 10 heteroatoms. The second-order valence-electron chi connectivity index (χ2n) is 8.90. The largest absolute Gasteiger partial charge is 0.416 e. The van der Waals surface area contributed by atoms with E-state index in [1.54, 1.807) is 12.1 Å². The van der Waals surface area contributed by atoms with Crippen molar-refractivity contribution < 1.29 is 32.3 Å². The highest BCUT2D eigenvalue weighted by molar-refractivity contribution is 6.15. The Labute approximate surface area is 211 Å². The average molecular weight is 512 g/mol. The average Bonchev–Trinajstić information content (AvgIpc) is 2.88. The molecule has 0 aliphatic carbocycles. The van der Waals surface area contributed by atoms with Crippen LogP contribution in [0.3, 0.4) is 0 Å². The summed E-state index contributed by atoms with van der Waals surface area (Å²) >= 11 is 0. The van der Waals surface area contributed by atoms with Crippen LogP contribution in [-0.4, -0.2) is 48.8 Å². The zero-order chi connectivity index (χ0) is 26.9. The molecule has 0 saturated carbocycles. The van der Waals surface area contributed by atoms with Gasteiger partial charge in [0.05, 0.1) is 30.4 Å². The highest BCUT2D eigenvalue weighted by atomic mass is 19.4. The number of carbonyl (C=O) groups is 3. The standard InChI is InChI=1S/C27H24F3N3O4/c1-16-22(17(2)34)23(19-8-6-18(15-31)7-9-19)24(25(35)32-10-12-37-13-11-32)26(36)33(16)21-5-3-4-20(14-21)27(28,29)30/h3-9,14,23-24H,10-13H2,1-2H3. The van der Waals surface area contributed by atoms with E-state index in [9.17, 15) is 32.8 Å². The Morgan fingerprint density at radius 2 is 1.73 bits per heavy atom. The first kappa shape index (κ1) is 26.1. The van der Waals surface area contributed by atoms with Gasteiger partial charge in [-0.25, -0.2) is 0 Å². The molecule has 4 rings (SSSR count). The van der Waals surface area contributed by atoms with Crippen molar-refractivity contribution in [2.45, 2.75) is 25.9 Å². The Hall–Kier alpha value is -3.97. The normalized spacial score (nSPS) is 20.6. The number of ether oxygens (including phenoxy) is 1. The molecule has 0 radical (unpaired) electrons. The van der Waals surface area contributed by atoms with Crippen LogP contribution in [-0.2, 0) is 25.3 Å². The zero-order valence-corrected chi connectivity index (χ0v) is 20.2. The summed E-state index contributed by atoms with van der Waals surface area (Å²) in [6, 6.07) is 12.5. The Morgan fingerprint density at radius 1 is 1.08 bits per heavy atom. The molecule has 0 aromatic heterocycles. The molecule has 1 saturated heterocycles. The quantitative estimate of drug-likeness (QED) is 0.578. The number of alkyl halides is 3. The van der Waals surface area contributed by atoms with E-state index in [0.29, 0.717) is 11.1 Å². The summed E-state index contributed by atoms with van der Waals surface area (Å²) in [5.41, 5.74) is 0.0877. The topological polar surface area (TPSA) is 90.7 Å². The van der Waals surface area contributed by atoms with E-state index >= 15 is 0 Å². The molecule has 2 amide bonds. The van der Waals surface area contributed by atoms with Crippen molar-refractivity contribution in [2.75, 3.05) is 31.2 Å². The van der Waals surface area contributed by atoms with Gasteiger partial charge in [-0.3, -0.25) is 19.3 Å². The fraction of sp³-hybridized carbons (Fsp3) is 0.333. The van der Waals surface area contributed by atoms with Gasteiger partial charge in [0, 0.05) is 36.0 Å². The number of benzene rings is 2. The summed E-state index contributed by atoms with van der Waals surface area (Å²) in [5.74, 6) is -4.06. The van der Waals surface area contributed by atoms with Crippen LogP contribution in [0.2, 0.25) is 0 Å². The predicted molar refractivity (Wildman–Crippen MR) is 127 cm³/mol. The van der Waals surface area contributed by atoms with Crippen molar-refractivity contribution in [3.8, 4) is 6.07 Å². The highest BCUT2D eigenvalue weighted by Crippen LogP contribution is 2.44. The van der Waals surface area contributed by atoms with E-state index in [1.807, 2.05) is 6.07 Å². The van der Waals surface area contributed by atoms with Crippen LogP contribution in [0.15, 0.2) is 59.8 Å². The molecule has 7 nitrogen and oxygen atoms in total. The molecule has 2 heterocycles. The minimum Gasteiger partial charge on any atom is -0.378 e. The van der Waals surface area contributed by atoms with Gasteiger partial charge in [-0.05, 0) is 49.7 Å². The number of ketones is 1.